The van der Waals surface area contributed by atoms with Gasteiger partial charge in [-0.05, 0) is 37.9 Å². The molecule has 1 atom stereocenters. The standard InChI is InChI=1S/C13H20ClNO/c1-3-5-10(2)16-13-11(8-9-15)6-4-7-12(13)14/h4,6-7,10H,3,5,8-9,15H2,1-2H3. The average Bonchev–Trinajstić information content (AvgIpc) is 2.24. The molecule has 90 valence electrons. The fourth-order valence-electron chi connectivity index (χ4n) is 1.70. The predicted octanol–water partition coefficient (Wildman–Crippen LogP) is 3.41. The summed E-state index contributed by atoms with van der Waals surface area (Å²) >= 11 is 6.14. The van der Waals surface area contributed by atoms with Crippen molar-refractivity contribution >= 4 is 11.6 Å². The lowest BCUT2D eigenvalue weighted by Gasteiger charge is -2.18. The van der Waals surface area contributed by atoms with Crippen molar-refractivity contribution in [3.8, 4) is 5.75 Å². The van der Waals surface area contributed by atoms with Crippen molar-refractivity contribution in [1.82, 2.24) is 0 Å². The first-order chi connectivity index (χ1) is 7.69. The number of nitrogens with two attached hydrogens (primary N) is 1. The third-order valence-electron chi connectivity index (χ3n) is 2.48. The van der Waals surface area contributed by atoms with Gasteiger partial charge in [0.25, 0.3) is 0 Å². The molecule has 16 heavy (non-hydrogen) atoms. The molecule has 0 amide bonds. The summed E-state index contributed by atoms with van der Waals surface area (Å²) in [5.74, 6) is 0.801. The molecule has 0 aliphatic heterocycles. The van der Waals surface area contributed by atoms with Crippen molar-refractivity contribution in [3.05, 3.63) is 28.8 Å². The minimum absolute atomic E-state index is 0.196. The van der Waals surface area contributed by atoms with Crippen molar-refractivity contribution in [2.75, 3.05) is 6.54 Å². The molecule has 1 aromatic rings. The van der Waals surface area contributed by atoms with E-state index in [0.717, 1.165) is 30.6 Å². The van der Waals surface area contributed by atoms with Gasteiger partial charge in [-0.15, -0.1) is 0 Å². The van der Waals surface area contributed by atoms with Gasteiger partial charge in [0.2, 0.25) is 0 Å². The van der Waals surface area contributed by atoms with E-state index in [-0.39, 0.29) is 6.10 Å². The minimum Gasteiger partial charge on any atom is -0.489 e. The molecule has 0 spiro atoms. The second kappa shape index (κ2) is 6.77. The highest BCUT2D eigenvalue weighted by molar-refractivity contribution is 6.32. The molecule has 0 bridgehead atoms. The number of hydrogen-bond acceptors (Lipinski definition) is 2. The van der Waals surface area contributed by atoms with Crippen molar-refractivity contribution in [1.29, 1.82) is 0 Å². The Balaban J connectivity index is 2.83. The summed E-state index contributed by atoms with van der Waals surface area (Å²) in [6, 6.07) is 5.81. The van der Waals surface area contributed by atoms with Crippen molar-refractivity contribution in [3.63, 3.8) is 0 Å². The van der Waals surface area contributed by atoms with Crippen LogP contribution in [0.4, 0.5) is 0 Å². The van der Waals surface area contributed by atoms with Gasteiger partial charge in [0.15, 0.2) is 0 Å². The van der Waals surface area contributed by atoms with Gasteiger partial charge in [-0.1, -0.05) is 37.1 Å². The van der Waals surface area contributed by atoms with Gasteiger partial charge in [-0.3, -0.25) is 0 Å². The number of benzene rings is 1. The summed E-state index contributed by atoms with van der Waals surface area (Å²) in [6.45, 7) is 4.82. The van der Waals surface area contributed by atoms with Crippen LogP contribution in [0.1, 0.15) is 32.3 Å². The summed E-state index contributed by atoms with van der Waals surface area (Å²) in [5.41, 5.74) is 6.67. The van der Waals surface area contributed by atoms with Crippen molar-refractivity contribution in [2.45, 2.75) is 39.2 Å². The van der Waals surface area contributed by atoms with Crippen LogP contribution in [0.25, 0.3) is 0 Å². The molecule has 0 radical (unpaired) electrons. The molecule has 0 aromatic heterocycles. The highest BCUT2D eigenvalue weighted by Gasteiger charge is 2.11. The molecular weight excluding hydrogens is 222 g/mol. The van der Waals surface area contributed by atoms with E-state index < -0.39 is 0 Å². The smallest absolute Gasteiger partial charge is 0.141 e. The molecule has 0 aliphatic carbocycles. The summed E-state index contributed by atoms with van der Waals surface area (Å²) in [6.07, 6.45) is 3.14. The van der Waals surface area contributed by atoms with Crippen LogP contribution in [0, 0.1) is 0 Å². The topological polar surface area (TPSA) is 35.2 Å². The van der Waals surface area contributed by atoms with Crippen molar-refractivity contribution < 1.29 is 4.74 Å². The molecule has 0 heterocycles. The number of rotatable bonds is 6. The molecule has 0 aliphatic rings. The Labute approximate surface area is 103 Å². The molecule has 2 nitrogen and oxygen atoms in total. The SMILES string of the molecule is CCCC(C)Oc1c(Cl)cccc1CCN. The second-order valence-electron chi connectivity index (χ2n) is 3.98. The van der Waals surface area contributed by atoms with E-state index in [1.54, 1.807) is 0 Å². The zero-order valence-electron chi connectivity index (χ0n) is 10.0. The molecule has 1 rings (SSSR count). The lowest BCUT2D eigenvalue weighted by molar-refractivity contribution is 0.208. The summed E-state index contributed by atoms with van der Waals surface area (Å²) in [7, 11) is 0. The Kier molecular flexibility index (Phi) is 5.64. The van der Waals surface area contributed by atoms with E-state index in [0.29, 0.717) is 11.6 Å². The third-order valence-corrected chi connectivity index (χ3v) is 2.77. The van der Waals surface area contributed by atoms with Gasteiger partial charge in [-0.2, -0.15) is 0 Å². The van der Waals surface area contributed by atoms with Crippen LogP contribution in [0.5, 0.6) is 5.75 Å². The van der Waals surface area contributed by atoms with E-state index in [9.17, 15) is 0 Å². The zero-order valence-corrected chi connectivity index (χ0v) is 10.8. The first kappa shape index (κ1) is 13.3. The first-order valence-electron chi connectivity index (χ1n) is 5.83. The summed E-state index contributed by atoms with van der Waals surface area (Å²) < 4.78 is 5.88. The van der Waals surface area contributed by atoms with Gasteiger partial charge < -0.3 is 10.5 Å². The van der Waals surface area contributed by atoms with Crippen LogP contribution in [0.2, 0.25) is 5.02 Å². The fraction of sp³-hybridized carbons (Fsp3) is 0.538. The summed E-state index contributed by atoms with van der Waals surface area (Å²) in [4.78, 5) is 0. The maximum absolute atomic E-state index is 6.14. The molecule has 0 saturated carbocycles. The predicted molar refractivity (Wildman–Crippen MR) is 69.2 cm³/mol. The molecule has 1 unspecified atom stereocenters. The van der Waals surface area contributed by atoms with E-state index in [1.807, 2.05) is 18.2 Å². The van der Waals surface area contributed by atoms with Gasteiger partial charge in [0.1, 0.15) is 5.75 Å². The third kappa shape index (κ3) is 3.69. The molecule has 1 aromatic carbocycles. The molecule has 2 N–H and O–H groups in total. The summed E-state index contributed by atoms with van der Waals surface area (Å²) in [5, 5.41) is 0.675. The lowest BCUT2D eigenvalue weighted by Crippen LogP contribution is -2.13. The molecule has 3 heteroatoms. The number of hydrogen-bond donors (Lipinski definition) is 1. The fourth-order valence-corrected chi connectivity index (χ4v) is 1.94. The average molecular weight is 242 g/mol. The largest absolute Gasteiger partial charge is 0.489 e. The highest BCUT2D eigenvalue weighted by atomic mass is 35.5. The van der Waals surface area contributed by atoms with Crippen LogP contribution in [0.3, 0.4) is 0 Å². The first-order valence-corrected chi connectivity index (χ1v) is 6.21. The zero-order chi connectivity index (χ0) is 12.0. The lowest BCUT2D eigenvalue weighted by atomic mass is 10.1. The normalized spacial score (nSPS) is 12.5. The molecule has 0 fully saturated rings. The highest BCUT2D eigenvalue weighted by Crippen LogP contribution is 2.30. The van der Waals surface area contributed by atoms with Crippen LogP contribution >= 0.6 is 11.6 Å². The number of ether oxygens (including phenoxy) is 1. The van der Waals surface area contributed by atoms with Gasteiger partial charge in [0.05, 0.1) is 11.1 Å². The Bertz CT molecular complexity index is 328. The number of para-hydroxylation sites is 1. The molecular formula is C13H20ClNO. The molecule has 0 saturated heterocycles. The van der Waals surface area contributed by atoms with Crippen LogP contribution in [0.15, 0.2) is 18.2 Å². The van der Waals surface area contributed by atoms with Gasteiger partial charge in [0, 0.05) is 0 Å². The maximum Gasteiger partial charge on any atom is 0.141 e. The van der Waals surface area contributed by atoms with Crippen LogP contribution in [-0.2, 0) is 6.42 Å². The quantitative estimate of drug-likeness (QED) is 0.829. The second-order valence-corrected chi connectivity index (χ2v) is 4.39. The Morgan fingerprint density at radius 2 is 2.19 bits per heavy atom. The Morgan fingerprint density at radius 3 is 2.81 bits per heavy atom. The Hall–Kier alpha value is -0.730. The van der Waals surface area contributed by atoms with Gasteiger partial charge in [-0.25, -0.2) is 0 Å². The van der Waals surface area contributed by atoms with E-state index in [1.165, 1.54) is 0 Å². The van der Waals surface area contributed by atoms with Crippen molar-refractivity contribution in [2.24, 2.45) is 5.73 Å². The maximum atomic E-state index is 6.14. The van der Waals surface area contributed by atoms with Crippen LogP contribution < -0.4 is 10.5 Å². The van der Waals surface area contributed by atoms with E-state index in [4.69, 9.17) is 22.1 Å². The van der Waals surface area contributed by atoms with Gasteiger partial charge >= 0.3 is 0 Å². The Morgan fingerprint density at radius 1 is 1.44 bits per heavy atom. The van der Waals surface area contributed by atoms with E-state index >= 15 is 0 Å². The minimum atomic E-state index is 0.196. The van der Waals surface area contributed by atoms with Crippen LogP contribution in [-0.4, -0.2) is 12.6 Å². The monoisotopic (exact) mass is 241 g/mol. The number of halogens is 1. The van der Waals surface area contributed by atoms with E-state index in [2.05, 4.69) is 13.8 Å².